The first-order valence-electron chi connectivity index (χ1n) is 7.18. The van der Waals surface area contributed by atoms with Gasteiger partial charge in [0.2, 0.25) is 0 Å². The van der Waals surface area contributed by atoms with Crippen LogP contribution >= 0.6 is 11.3 Å². The topological polar surface area (TPSA) is 46.4 Å². The summed E-state index contributed by atoms with van der Waals surface area (Å²) in [6.07, 6.45) is 2.29. The summed E-state index contributed by atoms with van der Waals surface area (Å²) in [7, 11) is 0. The van der Waals surface area contributed by atoms with E-state index in [-0.39, 0.29) is 9.92 Å². The molecule has 0 aliphatic heterocycles. The van der Waals surface area contributed by atoms with Gasteiger partial charge in [-0.15, -0.1) is 0 Å². The Morgan fingerprint density at radius 1 is 1.14 bits per heavy atom. The van der Waals surface area contributed by atoms with Gasteiger partial charge in [-0.05, 0) is 24.6 Å². The Morgan fingerprint density at radius 3 is 2.52 bits per heavy atom. The van der Waals surface area contributed by atoms with Crippen LogP contribution in [0, 0.1) is 10.1 Å². The summed E-state index contributed by atoms with van der Waals surface area (Å²) in [4.78, 5) is 13.9. The summed E-state index contributed by atoms with van der Waals surface area (Å²) in [6, 6.07) is 13.8. The lowest BCUT2D eigenvalue weighted by atomic mass is 10.2. The average Bonchev–Trinajstić information content (AvgIpc) is 2.94. The molecule has 2 rings (SSSR count). The van der Waals surface area contributed by atoms with Crippen LogP contribution in [0.1, 0.15) is 30.2 Å². The predicted octanol–water partition coefficient (Wildman–Crippen LogP) is 4.46. The molecule has 0 bridgehead atoms. The minimum absolute atomic E-state index is 0.222. The Kier molecular flexibility index (Phi) is 5.90. The molecule has 21 heavy (non-hydrogen) atoms. The van der Waals surface area contributed by atoms with E-state index >= 15 is 0 Å². The largest absolute Gasteiger partial charge is 0.324 e. The van der Waals surface area contributed by atoms with Gasteiger partial charge in [0.25, 0.3) is 0 Å². The van der Waals surface area contributed by atoms with E-state index in [1.807, 2.05) is 24.3 Å². The third-order valence-electron chi connectivity index (χ3n) is 3.28. The standard InChI is InChI=1S/C16H20N2O2S/c1-2-3-11-17(12-14-7-5-4-6-8-14)13-15-9-10-16(21-15)18(19)20/h4-10H,2-3,11-13H2,1H3. The van der Waals surface area contributed by atoms with Crippen molar-refractivity contribution < 1.29 is 4.92 Å². The van der Waals surface area contributed by atoms with Gasteiger partial charge in [-0.2, -0.15) is 0 Å². The number of benzene rings is 1. The fourth-order valence-corrected chi connectivity index (χ4v) is 3.07. The highest BCUT2D eigenvalue weighted by atomic mass is 32.1. The third-order valence-corrected chi connectivity index (χ3v) is 4.31. The quantitative estimate of drug-likeness (QED) is 0.534. The van der Waals surface area contributed by atoms with Crippen LogP contribution in [0.2, 0.25) is 0 Å². The van der Waals surface area contributed by atoms with E-state index in [0.717, 1.165) is 37.4 Å². The molecule has 0 aliphatic carbocycles. The normalized spacial score (nSPS) is 11.0. The van der Waals surface area contributed by atoms with Crippen LogP contribution < -0.4 is 0 Å². The molecule has 0 aliphatic rings. The molecule has 0 unspecified atom stereocenters. The van der Waals surface area contributed by atoms with Gasteiger partial charge in [0.1, 0.15) is 0 Å². The highest BCUT2D eigenvalue weighted by Crippen LogP contribution is 2.25. The molecule has 0 amide bonds. The van der Waals surface area contributed by atoms with Crippen LogP contribution in [0.3, 0.4) is 0 Å². The van der Waals surface area contributed by atoms with Gasteiger partial charge < -0.3 is 0 Å². The fourth-order valence-electron chi connectivity index (χ4n) is 2.21. The number of hydrogen-bond acceptors (Lipinski definition) is 4. The molecule has 0 fully saturated rings. The maximum absolute atomic E-state index is 10.8. The van der Waals surface area contributed by atoms with Crippen molar-refractivity contribution in [1.29, 1.82) is 0 Å². The molecule has 2 aromatic rings. The van der Waals surface area contributed by atoms with E-state index in [1.165, 1.54) is 16.9 Å². The van der Waals surface area contributed by atoms with Crippen molar-refractivity contribution in [3.8, 4) is 0 Å². The number of thiophene rings is 1. The summed E-state index contributed by atoms with van der Waals surface area (Å²) in [5.41, 5.74) is 1.28. The second-order valence-corrected chi connectivity index (χ2v) is 6.19. The van der Waals surface area contributed by atoms with E-state index in [9.17, 15) is 10.1 Å². The van der Waals surface area contributed by atoms with Gasteiger partial charge >= 0.3 is 5.00 Å². The van der Waals surface area contributed by atoms with Crippen molar-refractivity contribution in [3.05, 3.63) is 63.0 Å². The number of unbranched alkanes of at least 4 members (excludes halogenated alkanes) is 1. The van der Waals surface area contributed by atoms with Gasteiger partial charge in [-0.3, -0.25) is 15.0 Å². The Morgan fingerprint density at radius 2 is 1.90 bits per heavy atom. The Labute approximate surface area is 129 Å². The van der Waals surface area contributed by atoms with E-state index in [0.29, 0.717) is 0 Å². The second kappa shape index (κ2) is 7.90. The van der Waals surface area contributed by atoms with Crippen molar-refractivity contribution in [3.63, 3.8) is 0 Å². The van der Waals surface area contributed by atoms with Crippen LogP contribution in [-0.2, 0) is 13.1 Å². The zero-order chi connectivity index (χ0) is 15.1. The summed E-state index contributed by atoms with van der Waals surface area (Å²) in [5.74, 6) is 0. The van der Waals surface area contributed by atoms with Crippen molar-refractivity contribution >= 4 is 16.3 Å². The first-order chi connectivity index (χ1) is 10.2. The maximum Gasteiger partial charge on any atom is 0.324 e. The lowest BCUT2D eigenvalue weighted by Crippen LogP contribution is -2.23. The number of nitrogens with zero attached hydrogens (tertiary/aromatic N) is 2. The van der Waals surface area contributed by atoms with Gasteiger partial charge in [0.15, 0.2) is 0 Å². The van der Waals surface area contributed by atoms with Crippen molar-refractivity contribution in [2.45, 2.75) is 32.9 Å². The number of rotatable bonds is 8. The predicted molar refractivity (Wildman–Crippen MR) is 86.4 cm³/mol. The highest BCUT2D eigenvalue weighted by molar-refractivity contribution is 7.15. The van der Waals surface area contributed by atoms with Gasteiger partial charge in [-0.25, -0.2) is 0 Å². The molecule has 1 heterocycles. The first kappa shape index (κ1) is 15.7. The number of hydrogen-bond donors (Lipinski definition) is 0. The molecule has 0 radical (unpaired) electrons. The zero-order valence-corrected chi connectivity index (χ0v) is 13.0. The SMILES string of the molecule is CCCCN(Cc1ccccc1)Cc1ccc([N+](=O)[O-])s1. The molecular weight excluding hydrogens is 284 g/mol. The van der Waals surface area contributed by atoms with Crippen molar-refractivity contribution in [1.82, 2.24) is 4.90 Å². The molecule has 4 nitrogen and oxygen atoms in total. The van der Waals surface area contributed by atoms with Gasteiger partial charge in [0, 0.05) is 24.0 Å². The molecule has 0 atom stereocenters. The second-order valence-electron chi connectivity index (χ2n) is 5.05. The lowest BCUT2D eigenvalue weighted by Gasteiger charge is -2.21. The molecule has 1 aromatic heterocycles. The van der Waals surface area contributed by atoms with Crippen LogP contribution in [0.25, 0.3) is 0 Å². The Hall–Kier alpha value is -1.72. The smallest absolute Gasteiger partial charge is 0.294 e. The summed E-state index contributed by atoms with van der Waals surface area (Å²) >= 11 is 1.27. The molecular formula is C16H20N2O2S. The summed E-state index contributed by atoms with van der Waals surface area (Å²) in [5, 5.41) is 11.0. The monoisotopic (exact) mass is 304 g/mol. The average molecular weight is 304 g/mol. The Bertz CT molecular complexity index is 569. The fraction of sp³-hybridized carbons (Fsp3) is 0.375. The summed E-state index contributed by atoms with van der Waals surface area (Å²) < 4.78 is 0. The minimum Gasteiger partial charge on any atom is -0.294 e. The molecule has 0 saturated heterocycles. The van der Waals surface area contributed by atoms with Crippen LogP contribution in [0.5, 0.6) is 0 Å². The number of nitro groups is 1. The third kappa shape index (κ3) is 4.95. The Balaban J connectivity index is 2.02. The van der Waals surface area contributed by atoms with Crippen LogP contribution in [-0.4, -0.2) is 16.4 Å². The maximum atomic E-state index is 10.8. The molecule has 5 heteroatoms. The van der Waals surface area contributed by atoms with Crippen LogP contribution in [0.4, 0.5) is 5.00 Å². The van der Waals surface area contributed by atoms with E-state index in [4.69, 9.17) is 0 Å². The van der Waals surface area contributed by atoms with E-state index in [1.54, 1.807) is 6.07 Å². The molecule has 0 saturated carbocycles. The van der Waals surface area contributed by atoms with Crippen LogP contribution in [0.15, 0.2) is 42.5 Å². The lowest BCUT2D eigenvalue weighted by molar-refractivity contribution is -0.380. The van der Waals surface area contributed by atoms with E-state index in [2.05, 4.69) is 24.0 Å². The zero-order valence-electron chi connectivity index (χ0n) is 12.2. The highest BCUT2D eigenvalue weighted by Gasteiger charge is 2.13. The van der Waals surface area contributed by atoms with Gasteiger partial charge in [0.05, 0.1) is 4.92 Å². The summed E-state index contributed by atoms with van der Waals surface area (Å²) in [6.45, 7) is 4.84. The van der Waals surface area contributed by atoms with E-state index < -0.39 is 0 Å². The van der Waals surface area contributed by atoms with Crippen molar-refractivity contribution in [2.24, 2.45) is 0 Å². The van der Waals surface area contributed by atoms with Crippen molar-refractivity contribution in [2.75, 3.05) is 6.54 Å². The molecule has 0 N–H and O–H groups in total. The first-order valence-corrected chi connectivity index (χ1v) is 8.00. The molecule has 0 spiro atoms. The minimum atomic E-state index is -0.318. The van der Waals surface area contributed by atoms with Gasteiger partial charge in [-0.1, -0.05) is 55.0 Å². The molecule has 112 valence electrons. The molecule has 1 aromatic carbocycles.